The van der Waals surface area contributed by atoms with Gasteiger partial charge in [0, 0.05) is 4.83 Å². The normalized spacial score (nSPS) is 32.1. The van der Waals surface area contributed by atoms with Crippen molar-refractivity contribution in [2.24, 2.45) is 5.92 Å². The summed E-state index contributed by atoms with van der Waals surface area (Å²) in [6.07, 6.45) is 2.44. The maximum absolute atomic E-state index is 12.7. The van der Waals surface area contributed by atoms with Crippen LogP contribution < -0.4 is 0 Å². The fraction of sp³-hybridized carbons (Fsp3) is 0.500. The maximum Gasteiger partial charge on any atom is 0.123 e. The van der Waals surface area contributed by atoms with Crippen molar-refractivity contribution in [3.63, 3.8) is 0 Å². The lowest BCUT2D eigenvalue weighted by Crippen LogP contribution is -2.08. The SMILES string of the molecule is CC1C(Br)CCC1c1ccc(F)cc1. The highest BCUT2D eigenvalue weighted by atomic mass is 79.9. The molecule has 0 aromatic heterocycles. The standard InChI is InChI=1S/C12H14BrF/c1-8-11(6-7-12(8)13)9-2-4-10(14)5-3-9/h2-5,8,11-12H,6-7H2,1H3. The molecule has 0 bridgehead atoms. The number of rotatable bonds is 1. The first-order chi connectivity index (χ1) is 6.68. The number of hydrogen-bond acceptors (Lipinski definition) is 0. The summed E-state index contributed by atoms with van der Waals surface area (Å²) in [5.74, 6) is 1.11. The molecule has 2 rings (SSSR count). The summed E-state index contributed by atoms with van der Waals surface area (Å²) < 4.78 is 12.7. The van der Waals surface area contributed by atoms with E-state index in [1.807, 2.05) is 12.1 Å². The maximum atomic E-state index is 12.7. The molecule has 0 amide bonds. The second-order valence-electron chi connectivity index (χ2n) is 4.11. The Hall–Kier alpha value is -0.370. The monoisotopic (exact) mass is 256 g/mol. The fourth-order valence-corrected chi connectivity index (χ4v) is 2.93. The Morgan fingerprint density at radius 2 is 1.86 bits per heavy atom. The Bertz CT molecular complexity index is 307. The molecular weight excluding hydrogens is 243 g/mol. The summed E-state index contributed by atoms with van der Waals surface area (Å²) in [5.41, 5.74) is 1.28. The molecule has 0 N–H and O–H groups in total. The van der Waals surface area contributed by atoms with Crippen molar-refractivity contribution >= 4 is 15.9 Å². The first-order valence-corrected chi connectivity index (χ1v) is 5.99. The Kier molecular flexibility index (Phi) is 2.91. The van der Waals surface area contributed by atoms with Crippen LogP contribution in [0.3, 0.4) is 0 Å². The molecule has 1 aromatic rings. The lowest BCUT2D eigenvalue weighted by Gasteiger charge is -2.17. The quantitative estimate of drug-likeness (QED) is 0.664. The van der Waals surface area contributed by atoms with E-state index in [0.29, 0.717) is 16.7 Å². The molecular formula is C12H14BrF. The molecule has 1 saturated carbocycles. The van der Waals surface area contributed by atoms with Gasteiger partial charge in [0.25, 0.3) is 0 Å². The molecule has 1 aromatic carbocycles. The number of benzene rings is 1. The molecule has 3 unspecified atom stereocenters. The zero-order chi connectivity index (χ0) is 10.1. The highest BCUT2D eigenvalue weighted by Gasteiger charge is 2.31. The summed E-state index contributed by atoms with van der Waals surface area (Å²) in [6, 6.07) is 6.95. The second kappa shape index (κ2) is 4.01. The van der Waals surface area contributed by atoms with E-state index in [1.165, 1.54) is 18.4 Å². The first-order valence-electron chi connectivity index (χ1n) is 5.08. The molecule has 1 aliphatic carbocycles. The van der Waals surface area contributed by atoms with Gasteiger partial charge < -0.3 is 0 Å². The topological polar surface area (TPSA) is 0 Å². The predicted octanol–water partition coefficient (Wildman–Crippen LogP) is 4.10. The van der Waals surface area contributed by atoms with Crippen molar-refractivity contribution in [1.29, 1.82) is 0 Å². The minimum absolute atomic E-state index is 0.144. The van der Waals surface area contributed by atoms with Gasteiger partial charge in [0.15, 0.2) is 0 Å². The van der Waals surface area contributed by atoms with Gasteiger partial charge in [0.1, 0.15) is 5.82 Å². The van der Waals surface area contributed by atoms with E-state index in [4.69, 9.17) is 0 Å². The highest BCUT2D eigenvalue weighted by molar-refractivity contribution is 9.09. The highest BCUT2D eigenvalue weighted by Crippen LogP contribution is 2.42. The van der Waals surface area contributed by atoms with Crippen LogP contribution in [0.4, 0.5) is 4.39 Å². The van der Waals surface area contributed by atoms with E-state index in [-0.39, 0.29) is 5.82 Å². The Balaban J connectivity index is 2.19. The molecule has 3 atom stereocenters. The van der Waals surface area contributed by atoms with Gasteiger partial charge in [-0.1, -0.05) is 35.0 Å². The van der Waals surface area contributed by atoms with E-state index in [0.717, 1.165) is 0 Å². The van der Waals surface area contributed by atoms with Gasteiger partial charge in [0.05, 0.1) is 0 Å². The summed E-state index contributed by atoms with van der Waals surface area (Å²) in [6.45, 7) is 2.26. The van der Waals surface area contributed by atoms with Crippen LogP contribution in [0, 0.1) is 11.7 Å². The second-order valence-corrected chi connectivity index (χ2v) is 5.29. The Morgan fingerprint density at radius 1 is 1.21 bits per heavy atom. The minimum Gasteiger partial charge on any atom is -0.207 e. The van der Waals surface area contributed by atoms with E-state index < -0.39 is 0 Å². The predicted molar refractivity (Wildman–Crippen MR) is 60.3 cm³/mol. The van der Waals surface area contributed by atoms with Crippen LogP contribution in [0.1, 0.15) is 31.2 Å². The van der Waals surface area contributed by atoms with Crippen LogP contribution in [0.25, 0.3) is 0 Å². The summed E-state index contributed by atoms with van der Waals surface area (Å²) in [4.78, 5) is 0.623. The number of alkyl halides is 1. The fourth-order valence-electron chi connectivity index (χ4n) is 2.30. The van der Waals surface area contributed by atoms with Gasteiger partial charge in [0.2, 0.25) is 0 Å². The van der Waals surface area contributed by atoms with Crippen molar-refractivity contribution < 1.29 is 4.39 Å². The first kappa shape index (κ1) is 10.2. The van der Waals surface area contributed by atoms with E-state index in [2.05, 4.69) is 22.9 Å². The Labute approximate surface area is 92.6 Å². The number of halogens is 2. The van der Waals surface area contributed by atoms with Crippen LogP contribution in [0.5, 0.6) is 0 Å². The average molecular weight is 257 g/mol. The van der Waals surface area contributed by atoms with Crippen LogP contribution in [-0.4, -0.2) is 4.83 Å². The molecule has 2 heteroatoms. The van der Waals surface area contributed by atoms with Crippen LogP contribution in [0.15, 0.2) is 24.3 Å². The van der Waals surface area contributed by atoms with Gasteiger partial charge in [-0.05, 0) is 42.4 Å². The molecule has 76 valence electrons. The van der Waals surface area contributed by atoms with Crippen LogP contribution in [-0.2, 0) is 0 Å². The molecule has 1 aliphatic rings. The van der Waals surface area contributed by atoms with Crippen molar-refractivity contribution in [1.82, 2.24) is 0 Å². The van der Waals surface area contributed by atoms with Crippen molar-refractivity contribution in [3.8, 4) is 0 Å². The summed E-state index contributed by atoms with van der Waals surface area (Å²) in [5, 5.41) is 0. The van der Waals surface area contributed by atoms with Crippen LogP contribution in [0.2, 0.25) is 0 Å². The molecule has 0 saturated heterocycles. The van der Waals surface area contributed by atoms with Crippen molar-refractivity contribution in [2.75, 3.05) is 0 Å². The van der Waals surface area contributed by atoms with E-state index >= 15 is 0 Å². The van der Waals surface area contributed by atoms with Gasteiger partial charge >= 0.3 is 0 Å². The molecule has 0 radical (unpaired) electrons. The van der Waals surface area contributed by atoms with Crippen molar-refractivity contribution in [2.45, 2.75) is 30.5 Å². The summed E-state index contributed by atoms with van der Waals surface area (Å²) in [7, 11) is 0. The van der Waals surface area contributed by atoms with Gasteiger partial charge in [-0.2, -0.15) is 0 Å². The van der Waals surface area contributed by atoms with Gasteiger partial charge in [-0.15, -0.1) is 0 Å². The third-order valence-electron chi connectivity index (χ3n) is 3.26. The van der Waals surface area contributed by atoms with Gasteiger partial charge in [-0.25, -0.2) is 4.39 Å². The molecule has 0 nitrogen and oxygen atoms in total. The van der Waals surface area contributed by atoms with Gasteiger partial charge in [-0.3, -0.25) is 0 Å². The largest absolute Gasteiger partial charge is 0.207 e. The van der Waals surface area contributed by atoms with Crippen LogP contribution >= 0.6 is 15.9 Å². The zero-order valence-corrected chi connectivity index (χ0v) is 9.80. The minimum atomic E-state index is -0.144. The third-order valence-corrected chi connectivity index (χ3v) is 4.55. The number of hydrogen-bond donors (Lipinski definition) is 0. The molecule has 0 aliphatic heterocycles. The molecule has 1 fully saturated rings. The Morgan fingerprint density at radius 3 is 2.36 bits per heavy atom. The zero-order valence-electron chi connectivity index (χ0n) is 8.21. The van der Waals surface area contributed by atoms with E-state index in [9.17, 15) is 4.39 Å². The molecule has 0 spiro atoms. The molecule has 0 heterocycles. The molecule has 14 heavy (non-hydrogen) atoms. The van der Waals surface area contributed by atoms with Crippen molar-refractivity contribution in [3.05, 3.63) is 35.6 Å². The summed E-state index contributed by atoms with van der Waals surface area (Å²) >= 11 is 3.68. The third kappa shape index (κ3) is 1.85. The lowest BCUT2D eigenvalue weighted by molar-refractivity contribution is 0.542. The lowest BCUT2D eigenvalue weighted by atomic mass is 9.90. The van der Waals surface area contributed by atoms with E-state index in [1.54, 1.807) is 12.1 Å². The average Bonchev–Trinajstić information content (AvgIpc) is 2.50. The smallest absolute Gasteiger partial charge is 0.123 e.